The molecule has 2 bridgehead atoms. The van der Waals surface area contributed by atoms with E-state index in [2.05, 4.69) is 0 Å². The van der Waals surface area contributed by atoms with E-state index in [4.69, 9.17) is 18.6 Å². The largest absolute Gasteiger partial charge is 0.472 e. The Kier molecular flexibility index (Phi) is 3.87. The topological polar surface area (TPSA) is 92.0 Å². The van der Waals surface area contributed by atoms with Crippen LogP contribution in [-0.4, -0.2) is 30.1 Å². The second-order valence-electron chi connectivity index (χ2n) is 7.73. The molecule has 1 aliphatic carbocycles. The lowest BCUT2D eigenvalue weighted by Crippen LogP contribution is -2.45. The molecule has 148 valence electrons. The van der Waals surface area contributed by atoms with Crippen molar-refractivity contribution in [2.75, 3.05) is 0 Å². The Bertz CT molecular complexity index is 1020. The van der Waals surface area contributed by atoms with E-state index in [1.54, 1.807) is 43.3 Å². The first-order chi connectivity index (χ1) is 14.0. The quantitative estimate of drug-likeness (QED) is 0.583. The van der Waals surface area contributed by atoms with E-state index in [1.165, 1.54) is 12.5 Å². The van der Waals surface area contributed by atoms with Crippen LogP contribution in [0.25, 0.3) is 0 Å². The molecule has 5 rings (SSSR count). The van der Waals surface area contributed by atoms with Gasteiger partial charge in [0.1, 0.15) is 6.10 Å². The summed E-state index contributed by atoms with van der Waals surface area (Å²) in [4.78, 5) is 38.3. The van der Waals surface area contributed by atoms with Crippen molar-refractivity contribution in [3.8, 4) is 0 Å². The van der Waals surface area contributed by atoms with Gasteiger partial charge in [0, 0.05) is 29.6 Å². The Morgan fingerprint density at radius 2 is 1.93 bits per heavy atom. The minimum Gasteiger partial charge on any atom is -0.472 e. The van der Waals surface area contributed by atoms with Crippen molar-refractivity contribution in [3.63, 3.8) is 0 Å². The molecule has 0 radical (unpaired) electrons. The highest BCUT2D eigenvalue weighted by atomic mass is 16.6. The highest BCUT2D eigenvalue weighted by Gasteiger charge is 2.59. The summed E-state index contributed by atoms with van der Waals surface area (Å²) in [6.07, 6.45) is 1.36. The van der Waals surface area contributed by atoms with Gasteiger partial charge in [-0.1, -0.05) is 18.2 Å². The first kappa shape index (κ1) is 17.7. The van der Waals surface area contributed by atoms with Crippen LogP contribution in [0.3, 0.4) is 0 Å². The normalized spacial score (nSPS) is 30.4. The van der Waals surface area contributed by atoms with Crippen LogP contribution in [-0.2, 0) is 23.8 Å². The van der Waals surface area contributed by atoms with Gasteiger partial charge in [-0.25, -0.2) is 9.59 Å². The summed E-state index contributed by atoms with van der Waals surface area (Å²) >= 11 is 0. The standard InChI is InChI=1S/C22H18O7/c1-22-10-14(27-21(22)25)9-15-16(22)18(29-19(23)12-5-3-2-4-6-12)17(28-20(15)24)13-7-8-26-11-13/h2-8,11,14,17-18H,9-10H2,1H3/t14-,17+,18-,22-/m0/s1. The number of carbonyl (C=O) groups excluding carboxylic acids is 3. The second-order valence-corrected chi connectivity index (χ2v) is 7.73. The number of fused-ring (bicyclic) bond motifs is 3. The smallest absolute Gasteiger partial charge is 0.338 e. The molecule has 0 amide bonds. The van der Waals surface area contributed by atoms with Gasteiger partial charge in [0.25, 0.3) is 0 Å². The Labute approximate surface area is 166 Å². The maximum Gasteiger partial charge on any atom is 0.338 e. The van der Waals surface area contributed by atoms with E-state index >= 15 is 0 Å². The van der Waals surface area contributed by atoms with Crippen molar-refractivity contribution < 1.29 is 33.0 Å². The van der Waals surface area contributed by atoms with E-state index in [-0.39, 0.29) is 12.5 Å². The summed E-state index contributed by atoms with van der Waals surface area (Å²) in [6, 6.07) is 10.2. The minimum atomic E-state index is -1.04. The van der Waals surface area contributed by atoms with Crippen molar-refractivity contribution in [2.24, 2.45) is 5.41 Å². The highest BCUT2D eigenvalue weighted by molar-refractivity contribution is 5.97. The van der Waals surface area contributed by atoms with Gasteiger partial charge in [-0.05, 0) is 25.1 Å². The number of ether oxygens (including phenoxy) is 3. The molecule has 0 N–H and O–H groups in total. The molecule has 2 aliphatic heterocycles. The zero-order chi connectivity index (χ0) is 20.2. The molecular weight excluding hydrogens is 376 g/mol. The Morgan fingerprint density at radius 3 is 2.66 bits per heavy atom. The molecular formula is C22H18O7. The number of benzene rings is 1. The molecule has 29 heavy (non-hydrogen) atoms. The van der Waals surface area contributed by atoms with Gasteiger partial charge < -0.3 is 18.6 Å². The summed E-state index contributed by atoms with van der Waals surface area (Å²) in [6.45, 7) is 1.73. The van der Waals surface area contributed by atoms with Crippen LogP contribution >= 0.6 is 0 Å². The molecule has 2 aromatic rings. The molecule has 1 aromatic carbocycles. The van der Waals surface area contributed by atoms with E-state index in [0.29, 0.717) is 28.7 Å². The third-order valence-electron chi connectivity index (χ3n) is 5.87. The molecule has 1 aromatic heterocycles. The fourth-order valence-electron chi connectivity index (χ4n) is 4.50. The monoisotopic (exact) mass is 394 g/mol. The van der Waals surface area contributed by atoms with E-state index in [9.17, 15) is 14.4 Å². The maximum atomic E-state index is 12.9. The maximum absolute atomic E-state index is 12.9. The van der Waals surface area contributed by atoms with Gasteiger partial charge in [0.05, 0.1) is 23.5 Å². The lowest BCUT2D eigenvalue weighted by atomic mass is 9.68. The number of esters is 3. The van der Waals surface area contributed by atoms with Crippen molar-refractivity contribution in [1.82, 2.24) is 0 Å². The number of hydrogen-bond donors (Lipinski definition) is 0. The summed E-state index contributed by atoms with van der Waals surface area (Å²) in [5.74, 6) is -1.49. The van der Waals surface area contributed by atoms with Crippen LogP contribution in [0, 0.1) is 5.41 Å². The zero-order valence-electron chi connectivity index (χ0n) is 15.6. The second kappa shape index (κ2) is 6.34. The van der Waals surface area contributed by atoms with E-state index < -0.39 is 35.5 Å². The van der Waals surface area contributed by atoms with Crippen molar-refractivity contribution in [2.45, 2.75) is 38.1 Å². The number of hydrogen-bond acceptors (Lipinski definition) is 7. The SMILES string of the molecule is C[C@]12C[C@H](CC3=C1[C@H](OC(=O)c1ccccc1)[C@@H](c1ccoc1)OC3=O)OC2=O. The number of cyclic esters (lactones) is 1. The zero-order valence-corrected chi connectivity index (χ0v) is 15.6. The summed E-state index contributed by atoms with van der Waals surface area (Å²) in [5, 5.41) is 0. The molecule has 0 saturated carbocycles. The molecule has 1 saturated heterocycles. The molecule has 0 spiro atoms. The fourth-order valence-corrected chi connectivity index (χ4v) is 4.50. The van der Waals surface area contributed by atoms with Crippen LogP contribution in [0.1, 0.15) is 41.8 Å². The lowest BCUT2D eigenvalue weighted by molar-refractivity contribution is -0.155. The van der Waals surface area contributed by atoms with E-state index in [0.717, 1.165) is 0 Å². The molecule has 4 atom stereocenters. The predicted octanol–water partition coefficient (Wildman–Crippen LogP) is 3.13. The minimum absolute atomic E-state index is 0.257. The third-order valence-corrected chi connectivity index (χ3v) is 5.87. The van der Waals surface area contributed by atoms with Gasteiger partial charge in [0.2, 0.25) is 0 Å². The van der Waals surface area contributed by atoms with Crippen LogP contribution < -0.4 is 0 Å². The molecule has 7 heteroatoms. The molecule has 0 unspecified atom stereocenters. The number of carbonyl (C=O) groups is 3. The summed E-state index contributed by atoms with van der Waals surface area (Å²) < 4.78 is 22.1. The molecule has 3 heterocycles. The number of furan rings is 1. The average Bonchev–Trinajstić information content (AvgIpc) is 3.32. The van der Waals surface area contributed by atoms with E-state index in [1.807, 2.05) is 0 Å². The third kappa shape index (κ3) is 2.68. The van der Waals surface area contributed by atoms with Crippen molar-refractivity contribution in [1.29, 1.82) is 0 Å². The fraction of sp³-hybridized carbons (Fsp3) is 0.318. The number of rotatable bonds is 3. The Balaban J connectivity index is 1.61. The summed E-state index contributed by atoms with van der Waals surface area (Å²) in [5.41, 5.74) is 0.711. The van der Waals surface area contributed by atoms with Gasteiger partial charge in [-0.15, -0.1) is 0 Å². The lowest BCUT2D eigenvalue weighted by Gasteiger charge is -2.40. The van der Waals surface area contributed by atoms with Crippen LogP contribution in [0.2, 0.25) is 0 Å². The van der Waals surface area contributed by atoms with Crippen LogP contribution in [0.4, 0.5) is 0 Å². The molecule has 3 aliphatic rings. The Hall–Kier alpha value is -3.35. The van der Waals surface area contributed by atoms with Gasteiger partial charge in [-0.3, -0.25) is 4.79 Å². The summed E-state index contributed by atoms with van der Waals surface area (Å²) in [7, 11) is 0. The highest BCUT2D eigenvalue weighted by Crippen LogP contribution is 2.54. The first-order valence-electron chi connectivity index (χ1n) is 9.41. The van der Waals surface area contributed by atoms with Crippen molar-refractivity contribution >= 4 is 17.9 Å². The first-order valence-corrected chi connectivity index (χ1v) is 9.41. The average molecular weight is 394 g/mol. The van der Waals surface area contributed by atoms with Gasteiger partial charge in [0.15, 0.2) is 12.2 Å². The molecule has 1 fully saturated rings. The van der Waals surface area contributed by atoms with Crippen molar-refractivity contribution in [3.05, 3.63) is 71.2 Å². The van der Waals surface area contributed by atoms with Gasteiger partial charge >= 0.3 is 17.9 Å². The Morgan fingerprint density at radius 1 is 1.14 bits per heavy atom. The van der Waals surface area contributed by atoms with Gasteiger partial charge in [-0.2, -0.15) is 0 Å². The van der Waals surface area contributed by atoms with Crippen LogP contribution in [0.15, 0.2) is 64.5 Å². The van der Waals surface area contributed by atoms with Crippen LogP contribution in [0.5, 0.6) is 0 Å². The molecule has 7 nitrogen and oxygen atoms in total. The predicted molar refractivity (Wildman–Crippen MR) is 97.4 cm³/mol.